The maximum Gasteiger partial charge on any atom is 1.00 e. The minimum Gasteiger partial charge on any atom is -0.872 e. The zero-order valence-corrected chi connectivity index (χ0v) is 8.64. The van der Waals surface area contributed by atoms with Crippen molar-refractivity contribution in [1.29, 1.82) is 0 Å². The molecule has 0 fully saturated rings. The van der Waals surface area contributed by atoms with Crippen LogP contribution in [0.15, 0.2) is 18.2 Å². The van der Waals surface area contributed by atoms with Crippen molar-refractivity contribution in [3.05, 3.63) is 29.3 Å². The second-order valence-corrected chi connectivity index (χ2v) is 2.27. The topological polar surface area (TPSA) is 23.1 Å². The van der Waals surface area contributed by atoms with E-state index in [2.05, 4.69) is 0 Å². The third-order valence-corrected chi connectivity index (χ3v) is 1.33. The zero-order chi connectivity index (χ0) is 6.85. The van der Waals surface area contributed by atoms with E-state index < -0.39 is 0 Å². The average Bonchev–Trinajstić information content (AvgIpc) is 1.80. The first-order chi connectivity index (χ1) is 4.20. The van der Waals surface area contributed by atoms with Crippen LogP contribution in [0.1, 0.15) is 11.1 Å². The summed E-state index contributed by atoms with van der Waals surface area (Å²) in [6, 6.07) is 5.32. The molecule has 0 heterocycles. The van der Waals surface area contributed by atoms with Crippen LogP contribution in [0.3, 0.4) is 0 Å². The van der Waals surface area contributed by atoms with E-state index in [0.29, 0.717) is 0 Å². The van der Waals surface area contributed by atoms with Gasteiger partial charge >= 0.3 is 29.6 Å². The molecule has 0 bridgehead atoms. The average molecular weight is 144 g/mol. The smallest absolute Gasteiger partial charge is 0.872 e. The normalized spacial score (nSPS) is 8.60. The van der Waals surface area contributed by atoms with Crippen molar-refractivity contribution in [2.24, 2.45) is 0 Å². The minimum absolute atomic E-state index is 0. The van der Waals surface area contributed by atoms with E-state index in [0.717, 1.165) is 11.1 Å². The SMILES string of the molecule is Cc1ccc([O-])c(C)c1.[Na+]. The van der Waals surface area contributed by atoms with Crippen LogP contribution in [0.2, 0.25) is 0 Å². The van der Waals surface area contributed by atoms with E-state index in [9.17, 15) is 5.11 Å². The van der Waals surface area contributed by atoms with Gasteiger partial charge in [-0.3, -0.25) is 0 Å². The number of benzene rings is 1. The molecule has 0 atom stereocenters. The van der Waals surface area contributed by atoms with Gasteiger partial charge < -0.3 is 5.11 Å². The van der Waals surface area contributed by atoms with Crippen LogP contribution >= 0.6 is 0 Å². The van der Waals surface area contributed by atoms with Gasteiger partial charge in [0.15, 0.2) is 0 Å². The largest absolute Gasteiger partial charge is 1.00 e. The van der Waals surface area contributed by atoms with Crippen molar-refractivity contribution >= 4 is 0 Å². The van der Waals surface area contributed by atoms with Crippen molar-refractivity contribution < 1.29 is 34.7 Å². The molecule has 0 saturated heterocycles. The molecule has 0 amide bonds. The first-order valence-corrected chi connectivity index (χ1v) is 2.94. The second-order valence-electron chi connectivity index (χ2n) is 2.27. The Labute approximate surface area is 83.4 Å². The van der Waals surface area contributed by atoms with E-state index in [1.165, 1.54) is 0 Å². The molecule has 0 aromatic heterocycles. The van der Waals surface area contributed by atoms with Gasteiger partial charge in [-0.25, -0.2) is 0 Å². The van der Waals surface area contributed by atoms with Crippen LogP contribution in [0.25, 0.3) is 0 Å². The van der Waals surface area contributed by atoms with Crippen LogP contribution in [0.5, 0.6) is 5.75 Å². The van der Waals surface area contributed by atoms with E-state index in [4.69, 9.17) is 0 Å². The summed E-state index contributed by atoms with van der Waals surface area (Å²) in [4.78, 5) is 0. The third-order valence-electron chi connectivity index (χ3n) is 1.33. The predicted octanol–water partition coefficient (Wildman–Crippen LogP) is -1.62. The van der Waals surface area contributed by atoms with Gasteiger partial charge in [-0.05, 0) is 13.8 Å². The Balaban J connectivity index is 0.000000810. The molecule has 2 heteroatoms. The second kappa shape index (κ2) is 4.02. The minimum atomic E-state index is 0. The number of rotatable bonds is 0. The molecule has 1 nitrogen and oxygen atoms in total. The van der Waals surface area contributed by atoms with Crippen molar-refractivity contribution in [2.45, 2.75) is 13.8 Å². The molecule has 0 aliphatic heterocycles. The fraction of sp³-hybridized carbons (Fsp3) is 0.250. The summed E-state index contributed by atoms with van der Waals surface area (Å²) in [5.74, 6) is 0.126. The Bertz CT molecular complexity index is 220. The van der Waals surface area contributed by atoms with Gasteiger partial charge in [0.1, 0.15) is 0 Å². The molecule has 0 aliphatic rings. The molecule has 1 aromatic rings. The molecule has 0 unspecified atom stereocenters. The van der Waals surface area contributed by atoms with Gasteiger partial charge in [0.05, 0.1) is 0 Å². The Morgan fingerprint density at radius 2 is 1.80 bits per heavy atom. The third kappa shape index (κ3) is 2.33. The van der Waals surface area contributed by atoms with Gasteiger partial charge in [-0.1, -0.05) is 29.3 Å². The molecule has 0 aliphatic carbocycles. The molecular weight excluding hydrogens is 135 g/mol. The Hall–Kier alpha value is 0.0200. The van der Waals surface area contributed by atoms with E-state index in [1.54, 1.807) is 6.07 Å². The van der Waals surface area contributed by atoms with Gasteiger partial charge in [0, 0.05) is 0 Å². The summed E-state index contributed by atoms with van der Waals surface area (Å²) in [7, 11) is 0. The summed E-state index contributed by atoms with van der Waals surface area (Å²) in [5, 5.41) is 10.8. The summed E-state index contributed by atoms with van der Waals surface area (Å²) in [6.07, 6.45) is 0. The summed E-state index contributed by atoms with van der Waals surface area (Å²) >= 11 is 0. The number of hydrogen-bond donors (Lipinski definition) is 0. The summed E-state index contributed by atoms with van der Waals surface area (Å²) in [5.41, 5.74) is 1.97. The van der Waals surface area contributed by atoms with Crippen LogP contribution < -0.4 is 34.7 Å². The van der Waals surface area contributed by atoms with Crippen molar-refractivity contribution in [3.63, 3.8) is 0 Å². The monoisotopic (exact) mass is 144 g/mol. The molecule has 0 N–H and O–H groups in total. The molecule has 1 rings (SSSR count). The standard InChI is InChI=1S/C8H10O.Na/c1-6-3-4-8(9)7(2)5-6;/h3-5,9H,1-2H3;/q;+1/p-1. The predicted molar refractivity (Wildman–Crippen MR) is 35.4 cm³/mol. The van der Waals surface area contributed by atoms with E-state index in [-0.39, 0.29) is 35.3 Å². The number of hydrogen-bond acceptors (Lipinski definition) is 1. The first kappa shape index (κ1) is 10.0. The quantitative estimate of drug-likeness (QED) is 0.401. The zero-order valence-electron chi connectivity index (χ0n) is 6.64. The Morgan fingerprint density at radius 1 is 1.20 bits per heavy atom. The van der Waals surface area contributed by atoms with Crippen molar-refractivity contribution in [1.82, 2.24) is 0 Å². The molecule has 10 heavy (non-hydrogen) atoms. The summed E-state index contributed by atoms with van der Waals surface area (Å²) in [6.45, 7) is 3.81. The molecule has 0 spiro atoms. The Morgan fingerprint density at radius 3 is 2.20 bits per heavy atom. The Kier molecular flexibility index (Phi) is 4.02. The maximum atomic E-state index is 10.8. The van der Waals surface area contributed by atoms with E-state index >= 15 is 0 Å². The van der Waals surface area contributed by atoms with Gasteiger partial charge in [0.2, 0.25) is 0 Å². The van der Waals surface area contributed by atoms with Crippen molar-refractivity contribution in [3.8, 4) is 5.75 Å². The van der Waals surface area contributed by atoms with Gasteiger partial charge in [-0.2, -0.15) is 0 Å². The maximum absolute atomic E-state index is 10.8. The number of aryl methyl sites for hydroxylation is 2. The molecule has 1 aromatic carbocycles. The van der Waals surface area contributed by atoms with Crippen LogP contribution in [0.4, 0.5) is 0 Å². The van der Waals surface area contributed by atoms with Crippen LogP contribution in [0, 0.1) is 13.8 Å². The van der Waals surface area contributed by atoms with Crippen molar-refractivity contribution in [2.75, 3.05) is 0 Å². The van der Waals surface area contributed by atoms with Gasteiger partial charge in [0.25, 0.3) is 0 Å². The first-order valence-electron chi connectivity index (χ1n) is 2.94. The molecule has 48 valence electrons. The fourth-order valence-electron chi connectivity index (χ4n) is 0.799. The molecule has 0 radical (unpaired) electrons. The molecule has 0 saturated carbocycles. The van der Waals surface area contributed by atoms with Gasteiger partial charge in [-0.15, -0.1) is 5.75 Å². The summed E-state index contributed by atoms with van der Waals surface area (Å²) < 4.78 is 0. The molecular formula is C8H9NaO. The van der Waals surface area contributed by atoms with Crippen LogP contribution in [-0.2, 0) is 0 Å². The van der Waals surface area contributed by atoms with Crippen LogP contribution in [-0.4, -0.2) is 0 Å². The fourth-order valence-corrected chi connectivity index (χ4v) is 0.799. The van der Waals surface area contributed by atoms with E-state index in [1.807, 2.05) is 26.0 Å².